The van der Waals surface area contributed by atoms with E-state index in [-0.39, 0.29) is 0 Å². The maximum Gasteiger partial charge on any atom is 0.0642 e. The van der Waals surface area contributed by atoms with Crippen molar-refractivity contribution in [3.05, 3.63) is 29.8 Å². The number of hydrogen-bond donors (Lipinski definition) is 1. The van der Waals surface area contributed by atoms with Gasteiger partial charge < -0.3 is 10.1 Å². The number of rotatable bonds is 5. The second kappa shape index (κ2) is 6.42. The van der Waals surface area contributed by atoms with Crippen molar-refractivity contribution in [2.24, 2.45) is 5.41 Å². The van der Waals surface area contributed by atoms with Crippen molar-refractivity contribution in [2.45, 2.75) is 52.6 Å². The lowest BCUT2D eigenvalue weighted by atomic mass is 9.76. The highest BCUT2D eigenvalue weighted by Gasteiger charge is 2.26. The third kappa shape index (κ3) is 4.54. The van der Waals surface area contributed by atoms with Gasteiger partial charge in [0.05, 0.1) is 12.7 Å². The van der Waals surface area contributed by atoms with E-state index < -0.39 is 0 Å². The van der Waals surface area contributed by atoms with Crippen LogP contribution in [0.15, 0.2) is 24.3 Å². The second-order valence-electron chi connectivity index (χ2n) is 6.48. The highest BCUT2D eigenvalue weighted by atomic mass is 16.5. The van der Waals surface area contributed by atoms with E-state index in [0.29, 0.717) is 11.5 Å². The van der Waals surface area contributed by atoms with Gasteiger partial charge in [-0.2, -0.15) is 0 Å². The molecule has 0 heterocycles. The number of benzene rings is 1. The van der Waals surface area contributed by atoms with E-state index in [1.54, 1.807) is 0 Å². The monoisotopic (exact) mass is 261 g/mol. The van der Waals surface area contributed by atoms with E-state index in [9.17, 15) is 0 Å². The molecule has 1 aliphatic carbocycles. The number of anilines is 1. The molecule has 2 rings (SSSR count). The van der Waals surface area contributed by atoms with Crippen molar-refractivity contribution in [1.82, 2.24) is 0 Å². The lowest BCUT2D eigenvalue weighted by Crippen LogP contribution is -2.27. The van der Waals surface area contributed by atoms with Gasteiger partial charge in [-0.3, -0.25) is 0 Å². The molecule has 2 heteroatoms. The van der Waals surface area contributed by atoms with Crippen LogP contribution in [0.2, 0.25) is 0 Å². The van der Waals surface area contributed by atoms with Gasteiger partial charge in [-0.05, 0) is 49.7 Å². The second-order valence-corrected chi connectivity index (χ2v) is 6.48. The van der Waals surface area contributed by atoms with Gasteiger partial charge in [0.15, 0.2) is 0 Å². The van der Waals surface area contributed by atoms with E-state index in [2.05, 4.69) is 50.4 Å². The van der Waals surface area contributed by atoms with E-state index in [0.717, 1.165) is 13.2 Å². The van der Waals surface area contributed by atoms with Crippen LogP contribution in [0.1, 0.15) is 45.1 Å². The SMILES string of the molecule is Cc1ccccc1NCCOC1CCC(C)(C)CC1. The van der Waals surface area contributed by atoms with Crippen LogP contribution < -0.4 is 5.32 Å². The number of ether oxygens (including phenoxy) is 1. The van der Waals surface area contributed by atoms with Crippen LogP contribution in [0.4, 0.5) is 5.69 Å². The Balaban J connectivity index is 1.64. The first-order valence-electron chi connectivity index (χ1n) is 7.48. The van der Waals surface area contributed by atoms with Crippen molar-refractivity contribution in [1.29, 1.82) is 0 Å². The van der Waals surface area contributed by atoms with Crippen molar-refractivity contribution < 1.29 is 4.74 Å². The molecule has 0 radical (unpaired) electrons. The Morgan fingerprint density at radius 3 is 2.58 bits per heavy atom. The third-order valence-electron chi connectivity index (χ3n) is 4.20. The molecular weight excluding hydrogens is 234 g/mol. The van der Waals surface area contributed by atoms with Gasteiger partial charge in [-0.25, -0.2) is 0 Å². The molecule has 0 spiro atoms. The van der Waals surface area contributed by atoms with Gasteiger partial charge in [0, 0.05) is 12.2 Å². The Bertz CT molecular complexity index is 390. The van der Waals surface area contributed by atoms with Crippen LogP contribution in [0.3, 0.4) is 0 Å². The molecule has 1 saturated carbocycles. The fraction of sp³-hybridized carbons (Fsp3) is 0.647. The zero-order valence-corrected chi connectivity index (χ0v) is 12.5. The van der Waals surface area contributed by atoms with E-state index in [4.69, 9.17) is 4.74 Å². The Kier molecular flexibility index (Phi) is 4.87. The minimum Gasteiger partial charge on any atom is -0.383 e. The van der Waals surface area contributed by atoms with Gasteiger partial charge in [-0.15, -0.1) is 0 Å². The van der Waals surface area contributed by atoms with Crippen LogP contribution >= 0.6 is 0 Å². The third-order valence-corrected chi connectivity index (χ3v) is 4.20. The van der Waals surface area contributed by atoms with Crippen molar-refractivity contribution in [3.63, 3.8) is 0 Å². The molecule has 0 aromatic heterocycles. The lowest BCUT2D eigenvalue weighted by Gasteiger charge is -2.34. The van der Waals surface area contributed by atoms with Gasteiger partial charge in [0.25, 0.3) is 0 Å². The van der Waals surface area contributed by atoms with E-state index in [1.165, 1.54) is 36.9 Å². The summed E-state index contributed by atoms with van der Waals surface area (Å²) >= 11 is 0. The summed E-state index contributed by atoms with van der Waals surface area (Å²) in [4.78, 5) is 0. The normalized spacial score (nSPS) is 19.3. The summed E-state index contributed by atoms with van der Waals surface area (Å²) in [6.45, 7) is 8.56. The molecular formula is C17H27NO. The minimum atomic E-state index is 0.478. The zero-order chi connectivity index (χ0) is 13.7. The predicted molar refractivity (Wildman–Crippen MR) is 81.7 cm³/mol. The van der Waals surface area contributed by atoms with Gasteiger partial charge >= 0.3 is 0 Å². The van der Waals surface area contributed by atoms with Gasteiger partial charge in [0.2, 0.25) is 0 Å². The van der Waals surface area contributed by atoms with E-state index in [1.807, 2.05) is 0 Å². The summed E-state index contributed by atoms with van der Waals surface area (Å²) in [5.74, 6) is 0. The lowest BCUT2D eigenvalue weighted by molar-refractivity contribution is 0.00944. The Labute approximate surface area is 117 Å². The predicted octanol–water partition coefficient (Wildman–Crippen LogP) is 4.39. The Morgan fingerprint density at radius 2 is 1.89 bits per heavy atom. The van der Waals surface area contributed by atoms with Gasteiger partial charge in [-0.1, -0.05) is 32.0 Å². The average molecular weight is 261 g/mol. The summed E-state index contributed by atoms with van der Waals surface area (Å²) in [6, 6.07) is 8.39. The number of para-hydroxylation sites is 1. The highest BCUT2D eigenvalue weighted by molar-refractivity contribution is 5.50. The maximum atomic E-state index is 5.98. The molecule has 0 unspecified atom stereocenters. The van der Waals surface area contributed by atoms with Crippen LogP contribution in [0, 0.1) is 12.3 Å². The molecule has 0 amide bonds. The topological polar surface area (TPSA) is 21.3 Å². The minimum absolute atomic E-state index is 0.478. The molecule has 19 heavy (non-hydrogen) atoms. The summed E-state index contributed by atoms with van der Waals surface area (Å²) in [7, 11) is 0. The molecule has 0 saturated heterocycles. The van der Waals surface area contributed by atoms with Crippen LogP contribution in [-0.2, 0) is 4.74 Å². The fourth-order valence-corrected chi connectivity index (χ4v) is 2.72. The molecule has 1 aromatic rings. The first-order chi connectivity index (χ1) is 9.07. The van der Waals surface area contributed by atoms with Crippen molar-refractivity contribution in [3.8, 4) is 0 Å². The molecule has 1 fully saturated rings. The summed E-state index contributed by atoms with van der Waals surface area (Å²) in [5, 5.41) is 3.44. The summed E-state index contributed by atoms with van der Waals surface area (Å²) < 4.78 is 5.98. The maximum absolute atomic E-state index is 5.98. The molecule has 106 valence electrons. The molecule has 1 aromatic carbocycles. The molecule has 1 aliphatic rings. The summed E-state index contributed by atoms with van der Waals surface area (Å²) in [5.41, 5.74) is 3.04. The van der Waals surface area contributed by atoms with E-state index >= 15 is 0 Å². The zero-order valence-electron chi connectivity index (χ0n) is 12.5. The van der Waals surface area contributed by atoms with Crippen LogP contribution in [0.5, 0.6) is 0 Å². The van der Waals surface area contributed by atoms with Crippen molar-refractivity contribution in [2.75, 3.05) is 18.5 Å². The molecule has 2 nitrogen and oxygen atoms in total. The number of nitrogens with one attached hydrogen (secondary N) is 1. The molecule has 0 aliphatic heterocycles. The van der Waals surface area contributed by atoms with Gasteiger partial charge in [0.1, 0.15) is 0 Å². The first-order valence-corrected chi connectivity index (χ1v) is 7.48. The fourth-order valence-electron chi connectivity index (χ4n) is 2.72. The number of hydrogen-bond acceptors (Lipinski definition) is 2. The quantitative estimate of drug-likeness (QED) is 0.794. The summed E-state index contributed by atoms with van der Waals surface area (Å²) in [6.07, 6.45) is 5.51. The first kappa shape index (κ1) is 14.4. The molecule has 1 N–H and O–H groups in total. The molecule has 0 atom stereocenters. The van der Waals surface area contributed by atoms with Crippen LogP contribution in [0.25, 0.3) is 0 Å². The largest absolute Gasteiger partial charge is 0.383 e. The standard InChI is InChI=1S/C17H27NO/c1-14-6-4-5-7-16(14)18-12-13-19-15-8-10-17(2,3)11-9-15/h4-7,15,18H,8-13H2,1-3H3. The van der Waals surface area contributed by atoms with Crippen LogP contribution in [-0.4, -0.2) is 19.3 Å². The highest BCUT2D eigenvalue weighted by Crippen LogP contribution is 2.36. The van der Waals surface area contributed by atoms with Crippen molar-refractivity contribution >= 4 is 5.69 Å². The Morgan fingerprint density at radius 1 is 1.21 bits per heavy atom. The number of aryl methyl sites for hydroxylation is 1. The molecule has 0 bridgehead atoms. The Hall–Kier alpha value is -1.02. The average Bonchev–Trinajstić information content (AvgIpc) is 2.38. The smallest absolute Gasteiger partial charge is 0.0642 e.